The van der Waals surface area contributed by atoms with E-state index >= 15 is 0 Å². The lowest BCUT2D eigenvalue weighted by Gasteiger charge is -2.36. The molecule has 2 aromatic rings. The van der Waals surface area contributed by atoms with E-state index < -0.39 is 11.7 Å². The molecule has 1 aliphatic rings. The van der Waals surface area contributed by atoms with E-state index in [1.54, 1.807) is 6.07 Å². The summed E-state index contributed by atoms with van der Waals surface area (Å²) in [5, 5.41) is 2.93. The van der Waals surface area contributed by atoms with Crippen molar-refractivity contribution < 1.29 is 18.0 Å². The SMILES string of the molecule is O=C(CN1CCN(c2cccc(C(F)(F)F)c2)CC1)NCCc1ccccc1. The smallest absolute Gasteiger partial charge is 0.369 e. The normalized spacial score (nSPS) is 15.5. The average Bonchev–Trinajstić information content (AvgIpc) is 2.69. The molecule has 0 atom stereocenters. The van der Waals surface area contributed by atoms with Gasteiger partial charge in [-0.1, -0.05) is 36.4 Å². The van der Waals surface area contributed by atoms with Crippen molar-refractivity contribution in [1.29, 1.82) is 0 Å². The molecule has 1 saturated heterocycles. The Bertz CT molecular complexity index is 772. The Morgan fingerprint density at radius 2 is 1.68 bits per heavy atom. The molecule has 0 aromatic heterocycles. The highest BCUT2D eigenvalue weighted by Gasteiger charge is 2.31. The molecule has 2 aromatic carbocycles. The van der Waals surface area contributed by atoms with Crippen LogP contribution in [0.15, 0.2) is 54.6 Å². The van der Waals surface area contributed by atoms with Crippen LogP contribution < -0.4 is 10.2 Å². The molecule has 1 N–H and O–H groups in total. The predicted octanol–water partition coefficient (Wildman–Crippen LogP) is 3.19. The second-order valence-electron chi connectivity index (χ2n) is 6.90. The summed E-state index contributed by atoms with van der Waals surface area (Å²) in [6, 6.07) is 15.4. The monoisotopic (exact) mass is 391 g/mol. The van der Waals surface area contributed by atoms with E-state index in [2.05, 4.69) is 5.32 Å². The van der Waals surface area contributed by atoms with Gasteiger partial charge in [-0.15, -0.1) is 0 Å². The van der Waals surface area contributed by atoms with Crippen molar-refractivity contribution in [2.75, 3.05) is 44.2 Å². The van der Waals surface area contributed by atoms with Gasteiger partial charge in [0.05, 0.1) is 12.1 Å². The molecule has 0 aliphatic carbocycles. The minimum atomic E-state index is -4.34. The minimum absolute atomic E-state index is 0.0246. The molecule has 28 heavy (non-hydrogen) atoms. The van der Waals surface area contributed by atoms with Gasteiger partial charge in [-0.05, 0) is 30.2 Å². The minimum Gasteiger partial charge on any atom is -0.369 e. The zero-order valence-corrected chi connectivity index (χ0v) is 15.6. The van der Waals surface area contributed by atoms with Gasteiger partial charge in [0.1, 0.15) is 0 Å². The number of hydrogen-bond donors (Lipinski definition) is 1. The maximum absolute atomic E-state index is 12.9. The van der Waals surface area contributed by atoms with E-state index in [0.29, 0.717) is 45.0 Å². The fourth-order valence-electron chi connectivity index (χ4n) is 3.29. The number of nitrogens with one attached hydrogen (secondary N) is 1. The van der Waals surface area contributed by atoms with E-state index in [1.165, 1.54) is 17.7 Å². The van der Waals surface area contributed by atoms with Crippen LogP contribution >= 0.6 is 0 Å². The van der Waals surface area contributed by atoms with Crippen molar-refractivity contribution in [3.8, 4) is 0 Å². The molecule has 3 rings (SSSR count). The summed E-state index contributed by atoms with van der Waals surface area (Å²) in [5.74, 6) is -0.0246. The molecule has 7 heteroatoms. The molecular weight excluding hydrogens is 367 g/mol. The largest absolute Gasteiger partial charge is 0.416 e. The molecular formula is C21H24F3N3O. The Morgan fingerprint density at radius 1 is 0.964 bits per heavy atom. The lowest BCUT2D eigenvalue weighted by atomic mass is 10.1. The van der Waals surface area contributed by atoms with Gasteiger partial charge >= 0.3 is 6.18 Å². The topological polar surface area (TPSA) is 35.6 Å². The molecule has 1 fully saturated rings. The number of rotatable bonds is 6. The lowest BCUT2D eigenvalue weighted by molar-refractivity contribution is -0.137. The number of hydrogen-bond acceptors (Lipinski definition) is 3. The fraction of sp³-hybridized carbons (Fsp3) is 0.381. The van der Waals surface area contributed by atoms with Gasteiger partial charge in [0.2, 0.25) is 5.91 Å². The lowest BCUT2D eigenvalue weighted by Crippen LogP contribution is -2.49. The Hall–Kier alpha value is -2.54. The highest BCUT2D eigenvalue weighted by Crippen LogP contribution is 2.31. The molecule has 150 valence electrons. The van der Waals surface area contributed by atoms with E-state index in [9.17, 15) is 18.0 Å². The van der Waals surface area contributed by atoms with Gasteiger partial charge in [-0.3, -0.25) is 9.69 Å². The average molecular weight is 391 g/mol. The van der Waals surface area contributed by atoms with Crippen molar-refractivity contribution in [2.45, 2.75) is 12.6 Å². The number of halogens is 3. The van der Waals surface area contributed by atoms with Gasteiger partial charge < -0.3 is 10.2 Å². The number of alkyl halides is 3. The summed E-state index contributed by atoms with van der Waals surface area (Å²) in [6.07, 6.45) is -3.55. The van der Waals surface area contributed by atoms with Crippen LogP contribution in [-0.4, -0.2) is 50.1 Å². The first kappa shape index (κ1) is 20.2. The van der Waals surface area contributed by atoms with Crippen molar-refractivity contribution >= 4 is 11.6 Å². The second-order valence-corrected chi connectivity index (χ2v) is 6.90. The van der Waals surface area contributed by atoms with Gasteiger partial charge in [-0.2, -0.15) is 13.2 Å². The van der Waals surface area contributed by atoms with Crippen LogP contribution in [0.4, 0.5) is 18.9 Å². The summed E-state index contributed by atoms with van der Waals surface area (Å²) in [5.41, 5.74) is 1.12. The van der Waals surface area contributed by atoms with Crippen molar-refractivity contribution in [3.63, 3.8) is 0 Å². The maximum atomic E-state index is 12.9. The molecule has 0 saturated carbocycles. The summed E-state index contributed by atoms with van der Waals surface area (Å²) in [4.78, 5) is 16.1. The van der Waals surface area contributed by atoms with Gasteiger partial charge in [0.25, 0.3) is 0 Å². The van der Waals surface area contributed by atoms with Gasteiger partial charge in [0, 0.05) is 38.4 Å². The first-order valence-corrected chi connectivity index (χ1v) is 9.37. The van der Waals surface area contributed by atoms with E-state index in [-0.39, 0.29) is 5.91 Å². The molecule has 0 unspecified atom stereocenters. The number of amides is 1. The molecule has 0 radical (unpaired) electrons. The molecule has 1 amide bonds. The predicted molar refractivity (Wildman–Crippen MR) is 103 cm³/mol. The zero-order chi connectivity index (χ0) is 20.0. The van der Waals surface area contributed by atoms with Crippen LogP contribution in [0.2, 0.25) is 0 Å². The molecule has 4 nitrogen and oxygen atoms in total. The maximum Gasteiger partial charge on any atom is 0.416 e. The quantitative estimate of drug-likeness (QED) is 0.822. The first-order valence-electron chi connectivity index (χ1n) is 9.37. The summed E-state index contributed by atoms with van der Waals surface area (Å²) < 4.78 is 38.6. The van der Waals surface area contributed by atoms with Crippen LogP contribution in [-0.2, 0) is 17.4 Å². The van der Waals surface area contributed by atoms with Gasteiger partial charge in [0.15, 0.2) is 0 Å². The number of carbonyl (C=O) groups excluding carboxylic acids is 1. The summed E-state index contributed by atoms with van der Waals surface area (Å²) in [6.45, 7) is 3.38. The molecule has 0 spiro atoms. The Balaban J connectivity index is 1.42. The molecule has 1 aliphatic heterocycles. The number of carbonyl (C=O) groups is 1. The van der Waals surface area contributed by atoms with Crippen LogP contribution in [0.25, 0.3) is 0 Å². The Labute approximate surface area is 162 Å². The second kappa shape index (κ2) is 9.10. The van der Waals surface area contributed by atoms with Gasteiger partial charge in [-0.25, -0.2) is 0 Å². The third kappa shape index (κ3) is 5.73. The highest BCUT2D eigenvalue weighted by molar-refractivity contribution is 5.78. The summed E-state index contributed by atoms with van der Waals surface area (Å²) in [7, 11) is 0. The van der Waals surface area contributed by atoms with Crippen LogP contribution in [0.5, 0.6) is 0 Å². The number of benzene rings is 2. The number of piperazine rings is 1. The first-order chi connectivity index (χ1) is 13.4. The zero-order valence-electron chi connectivity index (χ0n) is 15.6. The van der Waals surface area contributed by atoms with Crippen molar-refractivity contribution in [3.05, 3.63) is 65.7 Å². The van der Waals surface area contributed by atoms with Crippen LogP contribution in [0.1, 0.15) is 11.1 Å². The van der Waals surface area contributed by atoms with Crippen LogP contribution in [0.3, 0.4) is 0 Å². The Morgan fingerprint density at radius 3 is 2.36 bits per heavy atom. The van der Waals surface area contributed by atoms with Crippen LogP contribution in [0, 0.1) is 0 Å². The fourth-order valence-corrected chi connectivity index (χ4v) is 3.29. The third-order valence-electron chi connectivity index (χ3n) is 4.86. The Kier molecular flexibility index (Phi) is 6.57. The van der Waals surface area contributed by atoms with E-state index in [1.807, 2.05) is 40.1 Å². The van der Waals surface area contributed by atoms with E-state index in [4.69, 9.17) is 0 Å². The molecule has 1 heterocycles. The highest BCUT2D eigenvalue weighted by atomic mass is 19.4. The van der Waals surface area contributed by atoms with E-state index in [0.717, 1.165) is 12.5 Å². The summed E-state index contributed by atoms with van der Waals surface area (Å²) >= 11 is 0. The third-order valence-corrected chi connectivity index (χ3v) is 4.86. The number of nitrogens with zero attached hydrogens (tertiary/aromatic N) is 2. The number of anilines is 1. The standard InChI is InChI=1S/C21H24F3N3O/c22-21(23,24)18-7-4-8-19(15-18)27-13-11-26(12-14-27)16-20(28)25-10-9-17-5-2-1-3-6-17/h1-8,15H,9-14,16H2,(H,25,28). The van der Waals surface area contributed by atoms with Crippen molar-refractivity contribution in [1.82, 2.24) is 10.2 Å². The van der Waals surface area contributed by atoms with Crippen molar-refractivity contribution in [2.24, 2.45) is 0 Å². The molecule has 0 bridgehead atoms.